The van der Waals surface area contributed by atoms with Gasteiger partial charge in [-0.1, -0.05) is 6.07 Å². The van der Waals surface area contributed by atoms with Crippen LogP contribution < -0.4 is 10.5 Å². The van der Waals surface area contributed by atoms with E-state index in [9.17, 15) is 13.2 Å². The first-order valence-electron chi connectivity index (χ1n) is 4.94. The van der Waals surface area contributed by atoms with Crippen molar-refractivity contribution in [2.24, 2.45) is 5.73 Å². The molecule has 1 fully saturated rings. The predicted molar refractivity (Wildman–Crippen MR) is 53.3 cm³/mol. The maximum absolute atomic E-state index is 12.7. The van der Waals surface area contributed by atoms with Crippen molar-refractivity contribution < 1.29 is 17.9 Å². The number of alkyl halides is 3. The van der Waals surface area contributed by atoms with Gasteiger partial charge in [-0.3, -0.25) is 0 Å². The molecular weight excluding hydrogens is 219 g/mol. The Hall–Kier alpha value is -1.23. The Morgan fingerprint density at radius 3 is 2.44 bits per heavy atom. The highest BCUT2D eigenvalue weighted by atomic mass is 19.4. The molecule has 2 nitrogen and oxygen atoms in total. The van der Waals surface area contributed by atoms with Crippen LogP contribution >= 0.6 is 0 Å². The second-order valence-electron chi connectivity index (χ2n) is 3.96. The number of halogens is 3. The van der Waals surface area contributed by atoms with Gasteiger partial charge in [0, 0.05) is 12.0 Å². The van der Waals surface area contributed by atoms with Crippen LogP contribution in [0.4, 0.5) is 13.2 Å². The Bertz CT molecular complexity index is 403. The minimum atomic E-state index is -4.39. The number of hydrogen-bond donors (Lipinski definition) is 1. The Balaban J connectivity index is 2.39. The highest BCUT2D eigenvalue weighted by Gasteiger charge is 2.39. The van der Waals surface area contributed by atoms with Gasteiger partial charge in [0.25, 0.3) is 0 Å². The molecule has 1 aliphatic carbocycles. The van der Waals surface area contributed by atoms with Gasteiger partial charge >= 0.3 is 6.18 Å². The van der Waals surface area contributed by atoms with Crippen molar-refractivity contribution in [1.29, 1.82) is 0 Å². The number of rotatable bonds is 2. The molecule has 0 amide bonds. The zero-order valence-corrected chi connectivity index (χ0v) is 8.71. The summed E-state index contributed by atoms with van der Waals surface area (Å²) in [7, 11) is 1.23. The van der Waals surface area contributed by atoms with Crippen molar-refractivity contribution in [2.75, 3.05) is 7.11 Å². The number of hydrogen-bond acceptors (Lipinski definition) is 2. The standard InChI is InChI=1S/C11H12F3NO/c1-16-10-3-2-6(7-5-9(7)15)4-8(10)11(12,13)14/h2-4,7,9H,5,15H2,1H3/t7-,9+/m0/s1. The fourth-order valence-corrected chi connectivity index (χ4v) is 1.78. The average molecular weight is 231 g/mol. The second kappa shape index (κ2) is 3.66. The van der Waals surface area contributed by atoms with E-state index in [4.69, 9.17) is 10.5 Å². The van der Waals surface area contributed by atoms with E-state index in [1.54, 1.807) is 6.07 Å². The second-order valence-corrected chi connectivity index (χ2v) is 3.96. The molecule has 0 unspecified atom stereocenters. The van der Waals surface area contributed by atoms with Crippen molar-refractivity contribution in [1.82, 2.24) is 0 Å². The van der Waals surface area contributed by atoms with Gasteiger partial charge in [-0.05, 0) is 24.1 Å². The third kappa shape index (κ3) is 2.00. The summed E-state index contributed by atoms with van der Waals surface area (Å²) < 4.78 is 42.8. The summed E-state index contributed by atoms with van der Waals surface area (Å²) in [6, 6.07) is 4.13. The molecule has 0 spiro atoms. The summed E-state index contributed by atoms with van der Waals surface area (Å²) in [5.41, 5.74) is 5.53. The molecule has 1 aromatic carbocycles. The Morgan fingerprint density at radius 1 is 1.38 bits per heavy atom. The Labute approximate surface area is 91.2 Å². The van der Waals surface area contributed by atoms with Crippen molar-refractivity contribution in [2.45, 2.75) is 24.6 Å². The van der Waals surface area contributed by atoms with E-state index in [0.717, 1.165) is 12.5 Å². The van der Waals surface area contributed by atoms with Gasteiger partial charge in [-0.15, -0.1) is 0 Å². The zero-order chi connectivity index (χ0) is 11.9. The molecule has 2 atom stereocenters. The predicted octanol–water partition coefficient (Wildman–Crippen LogP) is 2.53. The summed E-state index contributed by atoms with van der Waals surface area (Å²) in [6.07, 6.45) is -3.63. The number of ether oxygens (including phenoxy) is 1. The highest BCUT2D eigenvalue weighted by Crippen LogP contribution is 2.43. The van der Waals surface area contributed by atoms with Crippen LogP contribution in [-0.4, -0.2) is 13.2 Å². The summed E-state index contributed by atoms with van der Waals surface area (Å²) >= 11 is 0. The van der Waals surface area contributed by atoms with E-state index in [0.29, 0.717) is 5.56 Å². The molecule has 2 rings (SSSR count). The summed E-state index contributed by atoms with van der Waals surface area (Å²) in [6.45, 7) is 0. The van der Waals surface area contributed by atoms with Crippen LogP contribution in [0.2, 0.25) is 0 Å². The maximum atomic E-state index is 12.7. The van der Waals surface area contributed by atoms with Crippen molar-refractivity contribution in [3.8, 4) is 5.75 Å². The molecule has 0 radical (unpaired) electrons. The SMILES string of the molecule is COc1ccc([C@@H]2C[C@H]2N)cc1C(F)(F)F. The van der Waals surface area contributed by atoms with Crippen LogP contribution in [-0.2, 0) is 6.18 Å². The van der Waals surface area contributed by atoms with Crippen LogP contribution in [0.15, 0.2) is 18.2 Å². The first-order chi connectivity index (χ1) is 7.43. The van der Waals surface area contributed by atoms with Crippen LogP contribution in [0.5, 0.6) is 5.75 Å². The van der Waals surface area contributed by atoms with Crippen molar-refractivity contribution in [3.05, 3.63) is 29.3 Å². The molecule has 0 heterocycles. The Morgan fingerprint density at radius 2 is 2.00 bits per heavy atom. The van der Waals surface area contributed by atoms with Gasteiger partial charge < -0.3 is 10.5 Å². The van der Waals surface area contributed by atoms with E-state index in [1.165, 1.54) is 13.2 Å². The molecule has 88 valence electrons. The van der Waals surface area contributed by atoms with Crippen LogP contribution in [0, 0.1) is 0 Å². The third-order valence-corrected chi connectivity index (χ3v) is 2.80. The smallest absolute Gasteiger partial charge is 0.419 e. The molecule has 0 bridgehead atoms. The van der Waals surface area contributed by atoms with E-state index in [-0.39, 0.29) is 17.7 Å². The molecule has 1 aromatic rings. The molecule has 16 heavy (non-hydrogen) atoms. The molecule has 2 N–H and O–H groups in total. The lowest BCUT2D eigenvalue weighted by Gasteiger charge is -2.13. The maximum Gasteiger partial charge on any atom is 0.419 e. The van der Waals surface area contributed by atoms with Gasteiger partial charge in [0.1, 0.15) is 5.75 Å². The van der Waals surface area contributed by atoms with Crippen LogP contribution in [0.25, 0.3) is 0 Å². The van der Waals surface area contributed by atoms with Gasteiger partial charge in [0.05, 0.1) is 12.7 Å². The van der Waals surface area contributed by atoms with Gasteiger partial charge in [-0.25, -0.2) is 0 Å². The largest absolute Gasteiger partial charge is 0.496 e. The molecule has 0 aliphatic heterocycles. The summed E-state index contributed by atoms with van der Waals surface area (Å²) in [5, 5.41) is 0. The third-order valence-electron chi connectivity index (χ3n) is 2.80. The quantitative estimate of drug-likeness (QED) is 0.848. The molecule has 0 aromatic heterocycles. The fourth-order valence-electron chi connectivity index (χ4n) is 1.78. The van der Waals surface area contributed by atoms with E-state index >= 15 is 0 Å². The average Bonchev–Trinajstić information content (AvgIpc) is 2.93. The normalized spacial score (nSPS) is 24.3. The first-order valence-corrected chi connectivity index (χ1v) is 4.94. The zero-order valence-electron chi connectivity index (χ0n) is 8.71. The van der Waals surface area contributed by atoms with Crippen LogP contribution in [0.1, 0.15) is 23.5 Å². The fraction of sp³-hybridized carbons (Fsp3) is 0.455. The molecule has 5 heteroatoms. The topological polar surface area (TPSA) is 35.2 Å². The van der Waals surface area contributed by atoms with Gasteiger partial charge in [-0.2, -0.15) is 13.2 Å². The molecule has 1 saturated carbocycles. The first kappa shape index (κ1) is 11.3. The minimum Gasteiger partial charge on any atom is -0.496 e. The molecule has 1 aliphatic rings. The van der Waals surface area contributed by atoms with Crippen molar-refractivity contribution in [3.63, 3.8) is 0 Å². The lowest BCUT2D eigenvalue weighted by molar-refractivity contribution is -0.138. The number of nitrogens with two attached hydrogens (primary N) is 1. The lowest BCUT2D eigenvalue weighted by atomic mass is 10.1. The van der Waals surface area contributed by atoms with E-state index in [2.05, 4.69) is 0 Å². The summed E-state index contributed by atoms with van der Waals surface area (Å²) in [5.74, 6) is -0.0857. The number of methoxy groups -OCH3 is 1. The van der Waals surface area contributed by atoms with Gasteiger partial charge in [0.15, 0.2) is 0 Å². The monoisotopic (exact) mass is 231 g/mol. The molecule has 0 saturated heterocycles. The van der Waals surface area contributed by atoms with Crippen LogP contribution in [0.3, 0.4) is 0 Å². The highest BCUT2D eigenvalue weighted by molar-refractivity contribution is 5.42. The minimum absolute atomic E-state index is 0.00511. The van der Waals surface area contributed by atoms with Gasteiger partial charge in [0.2, 0.25) is 0 Å². The van der Waals surface area contributed by atoms with Crippen molar-refractivity contribution >= 4 is 0 Å². The van der Waals surface area contributed by atoms with E-state index < -0.39 is 11.7 Å². The lowest BCUT2D eigenvalue weighted by Crippen LogP contribution is -2.09. The molecular formula is C11H12F3NO. The number of benzene rings is 1. The van der Waals surface area contributed by atoms with E-state index in [1.807, 2.05) is 0 Å². The summed E-state index contributed by atoms with van der Waals surface area (Å²) in [4.78, 5) is 0. The Kier molecular flexibility index (Phi) is 2.58.